The second-order valence-electron chi connectivity index (χ2n) is 11.6. The van der Waals surface area contributed by atoms with Crippen LogP contribution in [0.1, 0.15) is 18.0 Å². The van der Waals surface area contributed by atoms with Crippen LogP contribution in [0.3, 0.4) is 0 Å². The molecule has 8 nitrogen and oxygen atoms in total. The van der Waals surface area contributed by atoms with Gasteiger partial charge in [-0.15, -0.1) is 0 Å². The van der Waals surface area contributed by atoms with Crippen molar-refractivity contribution in [1.29, 1.82) is 5.26 Å². The minimum atomic E-state index is -0.555. The summed E-state index contributed by atoms with van der Waals surface area (Å²) in [7, 11) is 4.13. The molecular formula is C31H28FN7O. The summed E-state index contributed by atoms with van der Waals surface area (Å²) in [6.45, 7) is 2.53. The molecule has 3 atom stereocenters. The Morgan fingerprint density at radius 1 is 1.12 bits per heavy atom. The van der Waals surface area contributed by atoms with Gasteiger partial charge in [-0.1, -0.05) is 24.3 Å². The first-order valence-electron chi connectivity index (χ1n) is 13.7. The maximum absolute atomic E-state index is 16.9. The van der Waals surface area contributed by atoms with Gasteiger partial charge in [0, 0.05) is 42.7 Å². The van der Waals surface area contributed by atoms with Crippen molar-refractivity contribution in [2.24, 2.45) is 5.92 Å². The first-order valence-corrected chi connectivity index (χ1v) is 13.7. The second kappa shape index (κ2) is 8.37. The summed E-state index contributed by atoms with van der Waals surface area (Å²) in [5, 5.41) is 26.5. The summed E-state index contributed by atoms with van der Waals surface area (Å²) in [6, 6.07) is 15.7. The van der Waals surface area contributed by atoms with Crippen LogP contribution in [0.15, 0.2) is 48.8 Å². The van der Waals surface area contributed by atoms with Crippen molar-refractivity contribution in [3.05, 3.63) is 60.2 Å². The number of rotatable bonds is 4. The van der Waals surface area contributed by atoms with Crippen LogP contribution in [0.2, 0.25) is 0 Å². The normalized spacial score (nSPS) is 22.3. The lowest BCUT2D eigenvalue weighted by molar-refractivity contribution is 0.225. The average molecular weight is 534 g/mol. The van der Waals surface area contributed by atoms with E-state index in [1.54, 1.807) is 12.1 Å². The second-order valence-corrected chi connectivity index (χ2v) is 11.6. The highest BCUT2D eigenvalue weighted by atomic mass is 19.1. The van der Waals surface area contributed by atoms with Crippen LogP contribution in [0.25, 0.3) is 43.8 Å². The molecule has 40 heavy (non-hydrogen) atoms. The predicted molar refractivity (Wildman–Crippen MR) is 153 cm³/mol. The number of aromatic hydroxyl groups is 1. The van der Waals surface area contributed by atoms with Gasteiger partial charge < -0.3 is 24.8 Å². The van der Waals surface area contributed by atoms with Crippen molar-refractivity contribution < 1.29 is 9.50 Å². The fourth-order valence-electron chi connectivity index (χ4n) is 7.00. The third-order valence-electron chi connectivity index (χ3n) is 9.26. The van der Waals surface area contributed by atoms with E-state index in [1.165, 1.54) is 6.07 Å². The Morgan fingerprint density at radius 3 is 2.67 bits per heavy atom. The number of pyridine rings is 1. The van der Waals surface area contributed by atoms with Crippen molar-refractivity contribution in [1.82, 2.24) is 24.8 Å². The zero-order valence-electron chi connectivity index (χ0n) is 22.3. The largest absolute Gasteiger partial charge is 0.508 e. The molecule has 3 aliphatic heterocycles. The fraction of sp³-hybridized carbons (Fsp3) is 0.323. The van der Waals surface area contributed by atoms with Crippen molar-refractivity contribution in [2.75, 3.05) is 38.6 Å². The molecule has 2 aromatic heterocycles. The molecule has 3 unspecified atom stereocenters. The number of hydrogen-bond donors (Lipinski definition) is 2. The molecule has 3 saturated heterocycles. The smallest absolute Gasteiger partial charge is 0.158 e. The number of nitrogens with one attached hydrogen (secondary N) is 1. The maximum Gasteiger partial charge on any atom is 0.158 e. The maximum atomic E-state index is 16.9. The highest BCUT2D eigenvalue weighted by molar-refractivity contribution is 6.10. The Hall–Kier alpha value is -4.26. The minimum absolute atomic E-state index is 0.0162. The Kier molecular flexibility index (Phi) is 4.94. The molecule has 0 amide bonds. The molecule has 200 valence electrons. The zero-order valence-corrected chi connectivity index (χ0v) is 22.3. The lowest BCUT2D eigenvalue weighted by Gasteiger charge is -2.43. The van der Waals surface area contributed by atoms with Gasteiger partial charge in [-0.05, 0) is 61.0 Å². The standard InChI is InChI=1S/C31H28FN7O/c1-37(2)19-13-38(14-19)31-28-30(39(15-35-28)29-18-9-24(29)34-12-18)23-8-17(11-33)25(26(32)27(23)36-31)22-10-20(40)7-16-5-3-4-6-21(16)22/h3-8,10,15,18-19,24,29,34,40H,9,12-14H2,1-2H3. The van der Waals surface area contributed by atoms with E-state index < -0.39 is 5.82 Å². The number of fused-ring (bicyclic) bond motifs is 5. The van der Waals surface area contributed by atoms with Gasteiger partial charge in [-0.25, -0.2) is 14.4 Å². The monoisotopic (exact) mass is 533 g/mol. The van der Waals surface area contributed by atoms with Gasteiger partial charge >= 0.3 is 0 Å². The van der Waals surface area contributed by atoms with Crippen LogP contribution >= 0.6 is 0 Å². The van der Waals surface area contributed by atoms with Gasteiger partial charge in [0.05, 0.1) is 29.5 Å². The van der Waals surface area contributed by atoms with E-state index in [2.05, 4.69) is 39.8 Å². The quantitative estimate of drug-likeness (QED) is 0.354. The van der Waals surface area contributed by atoms with Crippen LogP contribution in [0.5, 0.6) is 5.75 Å². The molecular weight excluding hydrogens is 505 g/mol. The van der Waals surface area contributed by atoms with Crippen LogP contribution in [0, 0.1) is 23.1 Å². The number of hydrogen-bond acceptors (Lipinski definition) is 7. The van der Waals surface area contributed by atoms with Crippen molar-refractivity contribution >= 4 is 38.5 Å². The molecule has 9 rings (SSSR count). The number of phenols is 1. The van der Waals surface area contributed by atoms with E-state index in [0.717, 1.165) is 47.9 Å². The van der Waals surface area contributed by atoms with Crippen molar-refractivity contribution in [3.8, 4) is 22.9 Å². The Bertz CT molecular complexity index is 1890. The van der Waals surface area contributed by atoms with Crippen LogP contribution in [-0.4, -0.2) is 70.4 Å². The number of aromatic nitrogens is 3. The van der Waals surface area contributed by atoms with Gasteiger partial charge in [-0.2, -0.15) is 5.26 Å². The van der Waals surface area contributed by atoms with E-state index in [9.17, 15) is 10.4 Å². The Labute approximate surface area is 230 Å². The van der Waals surface area contributed by atoms with Gasteiger partial charge in [-0.3, -0.25) is 0 Å². The van der Waals surface area contributed by atoms with Gasteiger partial charge in [0.15, 0.2) is 11.6 Å². The molecule has 2 N–H and O–H groups in total. The SMILES string of the molecule is CN(C)C1CN(c2nc3c(F)c(-c4cc(O)cc5ccccc45)c(C#N)cc3c3c2ncn3C2C3CNC2C3)C1. The Balaban J connectivity index is 1.43. The molecule has 4 fully saturated rings. The fourth-order valence-corrected chi connectivity index (χ4v) is 7.00. The number of nitriles is 1. The number of imidazole rings is 1. The first kappa shape index (κ1) is 23.6. The lowest BCUT2D eigenvalue weighted by atomic mass is 9.80. The first-order chi connectivity index (χ1) is 19.4. The average Bonchev–Trinajstić information content (AvgIpc) is 3.65. The van der Waals surface area contributed by atoms with Gasteiger partial charge in [0.1, 0.15) is 16.8 Å². The van der Waals surface area contributed by atoms with Crippen LogP contribution in [0.4, 0.5) is 10.2 Å². The minimum Gasteiger partial charge on any atom is -0.508 e. The number of likely N-dealkylation sites (N-methyl/N-ethyl adjacent to an activating group) is 1. The van der Waals surface area contributed by atoms with E-state index in [0.29, 0.717) is 34.8 Å². The molecule has 3 aromatic carbocycles. The molecule has 1 saturated carbocycles. The third kappa shape index (κ3) is 3.17. The number of halogens is 1. The van der Waals surface area contributed by atoms with E-state index in [-0.39, 0.29) is 28.4 Å². The highest BCUT2D eigenvalue weighted by Gasteiger charge is 2.48. The van der Waals surface area contributed by atoms with E-state index in [1.807, 2.05) is 30.6 Å². The molecule has 9 heteroatoms. The number of benzene rings is 3. The van der Waals surface area contributed by atoms with Crippen molar-refractivity contribution in [2.45, 2.75) is 24.5 Å². The molecule has 5 heterocycles. The molecule has 0 radical (unpaired) electrons. The summed E-state index contributed by atoms with van der Waals surface area (Å²) >= 11 is 0. The third-order valence-corrected chi connectivity index (χ3v) is 9.26. The van der Waals surface area contributed by atoms with Gasteiger partial charge in [0.25, 0.3) is 0 Å². The Morgan fingerprint density at radius 2 is 1.95 bits per heavy atom. The molecule has 0 spiro atoms. The highest BCUT2D eigenvalue weighted by Crippen LogP contribution is 2.47. The topological polar surface area (TPSA) is 93.2 Å². The lowest BCUT2D eigenvalue weighted by Crippen LogP contribution is -2.57. The summed E-state index contributed by atoms with van der Waals surface area (Å²) in [5.41, 5.74) is 2.64. The number of phenolic OH excluding ortho intramolecular Hbond substituents is 1. The molecule has 5 aromatic rings. The molecule has 4 aliphatic rings. The number of nitrogens with zero attached hydrogens (tertiary/aromatic N) is 6. The van der Waals surface area contributed by atoms with Crippen LogP contribution in [-0.2, 0) is 0 Å². The molecule has 2 bridgehead atoms. The zero-order chi connectivity index (χ0) is 27.3. The van der Waals surface area contributed by atoms with E-state index in [4.69, 9.17) is 9.97 Å². The summed E-state index contributed by atoms with van der Waals surface area (Å²) in [4.78, 5) is 14.1. The number of anilines is 1. The van der Waals surface area contributed by atoms with E-state index >= 15 is 4.39 Å². The van der Waals surface area contributed by atoms with Crippen LogP contribution < -0.4 is 10.2 Å². The van der Waals surface area contributed by atoms with Crippen molar-refractivity contribution in [3.63, 3.8) is 0 Å². The predicted octanol–water partition coefficient (Wildman–Crippen LogP) is 4.40. The summed E-state index contributed by atoms with van der Waals surface area (Å²) in [6.07, 6.45) is 3.00. The summed E-state index contributed by atoms with van der Waals surface area (Å²) in [5.74, 6) is 0.645. The molecule has 1 aliphatic carbocycles. The summed E-state index contributed by atoms with van der Waals surface area (Å²) < 4.78 is 19.1. The van der Waals surface area contributed by atoms with Gasteiger partial charge in [0.2, 0.25) is 0 Å².